The van der Waals surface area contributed by atoms with Gasteiger partial charge in [-0.25, -0.2) is 0 Å². The molecule has 0 saturated heterocycles. The molecule has 0 spiro atoms. The Labute approximate surface area is 129 Å². The molecule has 0 saturated carbocycles. The minimum absolute atomic E-state index is 0.245. The molecule has 0 bridgehead atoms. The lowest BCUT2D eigenvalue weighted by molar-refractivity contribution is 0.357. The van der Waals surface area contributed by atoms with Gasteiger partial charge in [0.05, 0.1) is 11.4 Å². The van der Waals surface area contributed by atoms with Gasteiger partial charge < -0.3 is 4.74 Å². The molecule has 1 heterocycles. The summed E-state index contributed by atoms with van der Waals surface area (Å²) >= 11 is 3.82. The van der Waals surface area contributed by atoms with Crippen molar-refractivity contribution in [2.45, 2.75) is 31.0 Å². The van der Waals surface area contributed by atoms with Gasteiger partial charge in [-0.3, -0.25) is 0 Å². The van der Waals surface area contributed by atoms with Crippen molar-refractivity contribution in [3.63, 3.8) is 0 Å². The molecule has 0 N–H and O–H groups in total. The molecular weight excluding hydrogens is 312 g/mol. The van der Waals surface area contributed by atoms with E-state index in [0.717, 1.165) is 18.8 Å². The van der Waals surface area contributed by atoms with Crippen molar-refractivity contribution in [2.24, 2.45) is 0 Å². The summed E-state index contributed by atoms with van der Waals surface area (Å²) in [5.41, 5.74) is 5.31. The first-order chi connectivity index (χ1) is 9.65. The van der Waals surface area contributed by atoms with Crippen LogP contribution in [0.3, 0.4) is 0 Å². The molecule has 0 amide bonds. The highest BCUT2D eigenvalue weighted by Crippen LogP contribution is 2.35. The van der Waals surface area contributed by atoms with E-state index in [1.54, 1.807) is 0 Å². The Kier molecular flexibility index (Phi) is 3.84. The average Bonchev–Trinajstić information content (AvgIpc) is 2.94. The molecule has 2 aromatic carbocycles. The summed E-state index contributed by atoms with van der Waals surface area (Å²) in [6.07, 6.45) is 1.02. The fourth-order valence-corrected chi connectivity index (χ4v) is 3.20. The molecule has 0 fully saturated rings. The van der Waals surface area contributed by atoms with Gasteiger partial charge in [-0.1, -0.05) is 66.2 Å². The van der Waals surface area contributed by atoms with Gasteiger partial charge in [-0.15, -0.1) is 0 Å². The monoisotopic (exact) mass is 330 g/mol. The molecule has 1 aliphatic rings. The lowest BCUT2D eigenvalue weighted by Crippen LogP contribution is -1.95. The van der Waals surface area contributed by atoms with Gasteiger partial charge in [0.15, 0.2) is 0 Å². The Morgan fingerprint density at radius 3 is 2.30 bits per heavy atom. The molecule has 1 nitrogen and oxygen atoms in total. The van der Waals surface area contributed by atoms with Gasteiger partial charge in [0, 0.05) is 6.42 Å². The number of halogens is 1. The average molecular weight is 331 g/mol. The lowest BCUT2D eigenvalue weighted by Gasteiger charge is -2.13. The number of hydrogen-bond donors (Lipinski definition) is 0. The second-order valence-electron chi connectivity index (χ2n) is 5.65. The Balaban J connectivity index is 1.86. The third-order valence-corrected chi connectivity index (χ3v) is 4.96. The quantitative estimate of drug-likeness (QED) is 0.700. The fourth-order valence-electron chi connectivity index (χ4n) is 2.61. The maximum absolute atomic E-state index is 5.57. The minimum atomic E-state index is 0.245. The molecule has 2 aromatic rings. The van der Waals surface area contributed by atoms with Gasteiger partial charge in [-0.05, 0) is 34.2 Å². The molecular formula is C18H19BrO. The van der Waals surface area contributed by atoms with Crippen LogP contribution in [-0.2, 0) is 6.42 Å². The number of hydrogen-bond acceptors (Lipinski definition) is 1. The summed E-state index contributed by atoms with van der Waals surface area (Å²) in [7, 11) is 0. The number of benzene rings is 2. The maximum atomic E-state index is 5.57. The smallest absolute Gasteiger partial charge is 0.122 e. The summed E-state index contributed by atoms with van der Waals surface area (Å²) in [5, 5.41) is 0. The predicted molar refractivity (Wildman–Crippen MR) is 86.9 cm³/mol. The van der Waals surface area contributed by atoms with Crippen LogP contribution in [0.15, 0.2) is 42.5 Å². The van der Waals surface area contributed by atoms with Crippen LogP contribution in [0.25, 0.3) is 0 Å². The Hall–Kier alpha value is -1.28. The van der Waals surface area contributed by atoms with E-state index in [2.05, 4.69) is 72.2 Å². The van der Waals surface area contributed by atoms with Gasteiger partial charge in [0.2, 0.25) is 0 Å². The van der Waals surface area contributed by atoms with Crippen molar-refractivity contribution in [1.29, 1.82) is 0 Å². The van der Waals surface area contributed by atoms with Gasteiger partial charge in [-0.2, -0.15) is 0 Å². The zero-order valence-electron chi connectivity index (χ0n) is 11.9. The molecule has 1 unspecified atom stereocenters. The van der Waals surface area contributed by atoms with Gasteiger partial charge in [0.25, 0.3) is 0 Å². The highest BCUT2D eigenvalue weighted by molar-refractivity contribution is 9.09. The molecule has 3 rings (SSSR count). The first-order valence-corrected chi connectivity index (χ1v) is 8.06. The van der Waals surface area contributed by atoms with Crippen molar-refractivity contribution in [3.8, 4) is 5.75 Å². The van der Waals surface area contributed by atoms with E-state index >= 15 is 0 Å². The van der Waals surface area contributed by atoms with Crippen LogP contribution < -0.4 is 4.74 Å². The molecule has 0 aromatic heterocycles. The third kappa shape index (κ3) is 2.62. The minimum Gasteiger partial charge on any atom is -0.493 e. The van der Waals surface area contributed by atoms with Crippen LogP contribution in [0.2, 0.25) is 0 Å². The highest BCUT2D eigenvalue weighted by atomic mass is 79.9. The normalized spacial score (nSPS) is 15.0. The summed E-state index contributed by atoms with van der Waals surface area (Å²) < 4.78 is 5.57. The van der Waals surface area contributed by atoms with E-state index in [0.29, 0.717) is 5.92 Å². The van der Waals surface area contributed by atoms with Crippen LogP contribution in [0.1, 0.15) is 46.8 Å². The molecule has 2 heteroatoms. The standard InChI is InChI=1S/C18H19BrO/c1-12(2)13-3-5-14(6-4-13)18(19)16-7-8-17-15(11-16)9-10-20-17/h3-8,11-12,18H,9-10H2,1-2H3. The molecule has 20 heavy (non-hydrogen) atoms. The zero-order chi connectivity index (χ0) is 14.1. The zero-order valence-corrected chi connectivity index (χ0v) is 13.5. The first kappa shape index (κ1) is 13.7. The second-order valence-corrected chi connectivity index (χ2v) is 6.57. The van der Waals surface area contributed by atoms with Crippen molar-refractivity contribution >= 4 is 15.9 Å². The summed E-state index contributed by atoms with van der Waals surface area (Å²) in [6.45, 7) is 5.26. The number of rotatable bonds is 3. The summed E-state index contributed by atoms with van der Waals surface area (Å²) in [6, 6.07) is 15.4. The predicted octanol–water partition coefficient (Wildman–Crippen LogP) is 5.23. The van der Waals surface area contributed by atoms with Crippen LogP contribution in [0.5, 0.6) is 5.75 Å². The van der Waals surface area contributed by atoms with E-state index in [9.17, 15) is 0 Å². The maximum Gasteiger partial charge on any atom is 0.122 e. The highest BCUT2D eigenvalue weighted by Gasteiger charge is 2.16. The largest absolute Gasteiger partial charge is 0.493 e. The van der Waals surface area contributed by atoms with Crippen LogP contribution >= 0.6 is 15.9 Å². The Morgan fingerprint density at radius 1 is 0.950 bits per heavy atom. The van der Waals surface area contributed by atoms with Gasteiger partial charge >= 0.3 is 0 Å². The van der Waals surface area contributed by atoms with E-state index in [1.807, 2.05) is 0 Å². The molecule has 0 aliphatic carbocycles. The second kappa shape index (κ2) is 5.61. The topological polar surface area (TPSA) is 9.23 Å². The fraction of sp³-hybridized carbons (Fsp3) is 0.333. The van der Waals surface area contributed by atoms with Crippen LogP contribution in [0.4, 0.5) is 0 Å². The number of ether oxygens (including phenoxy) is 1. The Bertz CT molecular complexity index is 601. The summed E-state index contributed by atoms with van der Waals surface area (Å²) in [5.74, 6) is 1.62. The van der Waals surface area contributed by atoms with E-state index in [-0.39, 0.29) is 4.83 Å². The lowest BCUT2D eigenvalue weighted by atomic mass is 9.98. The van der Waals surface area contributed by atoms with Crippen molar-refractivity contribution in [2.75, 3.05) is 6.61 Å². The van der Waals surface area contributed by atoms with Crippen molar-refractivity contribution < 1.29 is 4.74 Å². The number of alkyl halides is 1. The third-order valence-electron chi connectivity index (χ3n) is 3.90. The molecule has 1 atom stereocenters. The Morgan fingerprint density at radius 2 is 1.60 bits per heavy atom. The first-order valence-electron chi connectivity index (χ1n) is 7.14. The molecule has 104 valence electrons. The SMILES string of the molecule is CC(C)c1ccc(C(Br)c2ccc3c(c2)CCO3)cc1. The molecule has 1 aliphatic heterocycles. The van der Waals surface area contributed by atoms with Crippen LogP contribution in [-0.4, -0.2) is 6.61 Å². The van der Waals surface area contributed by atoms with E-state index in [4.69, 9.17) is 4.74 Å². The summed E-state index contributed by atoms with van der Waals surface area (Å²) in [4.78, 5) is 0.245. The van der Waals surface area contributed by atoms with E-state index in [1.165, 1.54) is 22.3 Å². The van der Waals surface area contributed by atoms with Crippen molar-refractivity contribution in [1.82, 2.24) is 0 Å². The number of fused-ring (bicyclic) bond motifs is 1. The molecule has 0 radical (unpaired) electrons. The van der Waals surface area contributed by atoms with Crippen LogP contribution in [0, 0.1) is 0 Å². The van der Waals surface area contributed by atoms with Crippen molar-refractivity contribution in [3.05, 3.63) is 64.7 Å². The van der Waals surface area contributed by atoms with Gasteiger partial charge in [0.1, 0.15) is 5.75 Å². The van der Waals surface area contributed by atoms with E-state index < -0.39 is 0 Å².